The lowest BCUT2D eigenvalue weighted by molar-refractivity contribution is -0.384. The molecule has 5 rings (SSSR count). The maximum absolute atomic E-state index is 10.9. The third-order valence-electron chi connectivity index (χ3n) is 6.24. The van der Waals surface area contributed by atoms with Gasteiger partial charge in [-0.2, -0.15) is 5.11 Å². The monoisotopic (exact) mass is 497 g/mol. The van der Waals surface area contributed by atoms with Crippen molar-refractivity contribution in [1.82, 2.24) is 0 Å². The number of non-ortho nitro benzene ring substituents is 1. The lowest BCUT2D eigenvalue weighted by atomic mass is 10.1. The number of hydrogen-bond acceptors (Lipinski definition) is 8. The second kappa shape index (κ2) is 10.5. The van der Waals surface area contributed by atoms with E-state index in [4.69, 9.17) is 9.47 Å². The van der Waals surface area contributed by atoms with Gasteiger partial charge in [-0.1, -0.05) is 12.1 Å². The Kier molecular flexibility index (Phi) is 6.85. The van der Waals surface area contributed by atoms with Crippen LogP contribution in [0.4, 0.5) is 28.4 Å². The Morgan fingerprint density at radius 3 is 2.57 bits per heavy atom. The van der Waals surface area contributed by atoms with Crippen molar-refractivity contribution in [3.05, 3.63) is 82.9 Å². The summed E-state index contributed by atoms with van der Waals surface area (Å²) in [6.45, 7) is 7.40. The fraction of sp³-hybridized carbons (Fsp3) is 0.214. The van der Waals surface area contributed by atoms with Gasteiger partial charge in [0.05, 0.1) is 16.3 Å². The Balaban J connectivity index is 1.51. The molecule has 1 N–H and O–H groups in total. The largest absolute Gasteiger partial charge is 0.490 e. The maximum atomic E-state index is 10.9. The molecule has 0 aromatic heterocycles. The molecule has 0 saturated heterocycles. The van der Waals surface area contributed by atoms with E-state index in [1.54, 1.807) is 18.2 Å². The van der Waals surface area contributed by atoms with E-state index in [9.17, 15) is 10.1 Å². The van der Waals surface area contributed by atoms with Crippen molar-refractivity contribution in [3.63, 3.8) is 0 Å². The van der Waals surface area contributed by atoms with Crippen molar-refractivity contribution in [2.24, 2.45) is 10.2 Å². The van der Waals surface area contributed by atoms with Crippen molar-refractivity contribution < 1.29 is 14.4 Å². The SMILES string of the molecule is CCN(CC)c1ccc2c(Oc3cc4c(cc3N=Nc3ccc([N+](=O)[O-])cc3)OCCN4)cccc2c1. The van der Waals surface area contributed by atoms with Crippen LogP contribution in [0.3, 0.4) is 0 Å². The topological polar surface area (TPSA) is 102 Å². The van der Waals surface area contributed by atoms with E-state index in [2.05, 4.69) is 58.6 Å². The van der Waals surface area contributed by atoms with Crippen molar-refractivity contribution in [2.45, 2.75) is 13.8 Å². The Morgan fingerprint density at radius 1 is 1.00 bits per heavy atom. The molecule has 0 unspecified atom stereocenters. The zero-order valence-corrected chi connectivity index (χ0v) is 20.7. The summed E-state index contributed by atoms with van der Waals surface area (Å²) < 4.78 is 12.2. The summed E-state index contributed by atoms with van der Waals surface area (Å²) in [4.78, 5) is 12.8. The first-order valence-corrected chi connectivity index (χ1v) is 12.2. The average molecular weight is 498 g/mol. The minimum atomic E-state index is -0.449. The van der Waals surface area contributed by atoms with Gasteiger partial charge in [0.1, 0.15) is 23.8 Å². The van der Waals surface area contributed by atoms with Crippen LogP contribution in [-0.2, 0) is 0 Å². The van der Waals surface area contributed by atoms with Crippen molar-refractivity contribution in [2.75, 3.05) is 36.5 Å². The second-order valence-corrected chi connectivity index (χ2v) is 8.50. The number of benzene rings is 4. The van der Waals surface area contributed by atoms with Gasteiger partial charge < -0.3 is 19.7 Å². The molecule has 0 amide bonds. The molecule has 1 heterocycles. The van der Waals surface area contributed by atoms with Crippen LogP contribution in [0.15, 0.2) is 83.0 Å². The summed E-state index contributed by atoms with van der Waals surface area (Å²) in [5, 5.41) is 25.0. The van der Waals surface area contributed by atoms with E-state index in [0.29, 0.717) is 41.8 Å². The standard InChI is InChI=1S/C28H27N5O4/c1-3-32(4-2)22-12-13-23-19(16-22)6-5-7-26(23)37-28-17-24-27(36-15-14-29-24)18-25(28)31-30-20-8-10-21(11-9-20)33(34)35/h5-13,16-18,29H,3-4,14-15H2,1-2H3. The maximum Gasteiger partial charge on any atom is 0.269 e. The van der Waals surface area contributed by atoms with Crippen LogP contribution in [0.2, 0.25) is 0 Å². The molecular weight excluding hydrogens is 470 g/mol. The average Bonchev–Trinajstić information content (AvgIpc) is 2.93. The predicted molar refractivity (Wildman–Crippen MR) is 145 cm³/mol. The highest BCUT2D eigenvalue weighted by Gasteiger charge is 2.17. The first-order chi connectivity index (χ1) is 18.1. The molecule has 1 aliphatic heterocycles. The van der Waals surface area contributed by atoms with Crippen LogP contribution in [0, 0.1) is 10.1 Å². The molecule has 0 radical (unpaired) electrons. The molecule has 188 valence electrons. The molecule has 0 spiro atoms. The van der Waals surface area contributed by atoms with Crippen LogP contribution in [0.1, 0.15) is 13.8 Å². The fourth-order valence-electron chi connectivity index (χ4n) is 4.30. The van der Waals surface area contributed by atoms with E-state index >= 15 is 0 Å². The van der Waals surface area contributed by atoms with Crippen LogP contribution in [-0.4, -0.2) is 31.2 Å². The van der Waals surface area contributed by atoms with Crippen molar-refractivity contribution in [1.29, 1.82) is 0 Å². The van der Waals surface area contributed by atoms with Crippen LogP contribution in [0.25, 0.3) is 10.8 Å². The molecule has 37 heavy (non-hydrogen) atoms. The smallest absolute Gasteiger partial charge is 0.269 e. The fourth-order valence-corrected chi connectivity index (χ4v) is 4.30. The summed E-state index contributed by atoms with van der Waals surface area (Å²) in [5.74, 6) is 1.88. The Bertz CT molecular complexity index is 1470. The Hall–Kier alpha value is -4.66. The predicted octanol–water partition coefficient (Wildman–Crippen LogP) is 7.61. The number of nitrogens with zero attached hydrogens (tertiary/aromatic N) is 4. The van der Waals surface area contributed by atoms with Gasteiger partial charge in [-0.25, -0.2) is 0 Å². The number of nitro groups is 1. The molecule has 4 aromatic rings. The molecule has 4 aromatic carbocycles. The van der Waals surface area contributed by atoms with Crippen molar-refractivity contribution in [3.8, 4) is 17.2 Å². The first-order valence-electron chi connectivity index (χ1n) is 12.2. The van der Waals surface area contributed by atoms with E-state index < -0.39 is 4.92 Å². The van der Waals surface area contributed by atoms with Gasteiger partial charge in [-0.05, 0) is 55.6 Å². The number of hydrogen-bond donors (Lipinski definition) is 1. The highest BCUT2D eigenvalue weighted by molar-refractivity contribution is 5.91. The minimum Gasteiger partial charge on any atom is -0.490 e. The summed E-state index contributed by atoms with van der Waals surface area (Å²) in [7, 11) is 0. The number of rotatable bonds is 8. The number of anilines is 2. The van der Waals surface area contributed by atoms with Crippen molar-refractivity contribution >= 4 is 39.2 Å². The van der Waals surface area contributed by atoms with E-state index in [1.807, 2.05) is 18.2 Å². The van der Waals surface area contributed by atoms with Gasteiger partial charge in [-0.3, -0.25) is 10.1 Å². The molecule has 0 atom stereocenters. The first kappa shape index (κ1) is 24.1. The molecule has 0 saturated carbocycles. The van der Waals surface area contributed by atoms with Gasteiger partial charge in [0.15, 0.2) is 5.75 Å². The molecule has 0 bridgehead atoms. The molecule has 0 fully saturated rings. The lowest BCUT2D eigenvalue weighted by Gasteiger charge is -2.22. The number of azo groups is 1. The zero-order chi connectivity index (χ0) is 25.8. The number of ether oxygens (including phenoxy) is 2. The number of nitro benzene ring substituents is 1. The van der Waals surface area contributed by atoms with Gasteiger partial charge in [0.2, 0.25) is 0 Å². The molecule has 9 nitrogen and oxygen atoms in total. The molecular formula is C28H27N5O4. The van der Waals surface area contributed by atoms with Gasteiger partial charge >= 0.3 is 0 Å². The zero-order valence-electron chi connectivity index (χ0n) is 20.7. The molecule has 0 aliphatic carbocycles. The molecule has 9 heteroatoms. The third-order valence-corrected chi connectivity index (χ3v) is 6.24. The minimum absolute atomic E-state index is 0.00339. The number of nitrogens with one attached hydrogen (secondary N) is 1. The normalized spacial score (nSPS) is 12.6. The van der Waals surface area contributed by atoms with E-state index in [1.165, 1.54) is 17.8 Å². The Morgan fingerprint density at radius 2 is 1.81 bits per heavy atom. The van der Waals surface area contributed by atoms with Gasteiger partial charge in [-0.15, -0.1) is 5.11 Å². The molecule has 1 aliphatic rings. The van der Waals surface area contributed by atoms with E-state index in [0.717, 1.165) is 29.5 Å². The third kappa shape index (κ3) is 5.16. The number of fused-ring (bicyclic) bond motifs is 2. The highest BCUT2D eigenvalue weighted by Crippen LogP contribution is 2.43. The quantitative estimate of drug-likeness (QED) is 0.153. The van der Waals surface area contributed by atoms with Crippen LogP contribution in [0.5, 0.6) is 17.2 Å². The van der Waals surface area contributed by atoms with E-state index in [-0.39, 0.29) is 5.69 Å². The summed E-state index contributed by atoms with van der Waals surface area (Å²) in [5.41, 5.74) is 2.96. The van der Waals surface area contributed by atoms with Gasteiger partial charge in [0.25, 0.3) is 5.69 Å². The summed E-state index contributed by atoms with van der Waals surface area (Å²) >= 11 is 0. The lowest BCUT2D eigenvalue weighted by Crippen LogP contribution is -2.21. The highest BCUT2D eigenvalue weighted by atomic mass is 16.6. The van der Waals surface area contributed by atoms with Crippen LogP contribution >= 0.6 is 0 Å². The summed E-state index contributed by atoms with van der Waals surface area (Å²) in [6, 6.07) is 21.9. The Labute approximate surface area is 214 Å². The summed E-state index contributed by atoms with van der Waals surface area (Å²) in [6.07, 6.45) is 0. The van der Waals surface area contributed by atoms with Gasteiger partial charge in [0, 0.05) is 55.0 Å². The van der Waals surface area contributed by atoms with Crippen LogP contribution < -0.4 is 19.7 Å². The second-order valence-electron chi connectivity index (χ2n) is 8.50.